The van der Waals surface area contributed by atoms with Crippen molar-refractivity contribution in [3.05, 3.63) is 47.5 Å². The van der Waals surface area contributed by atoms with Gasteiger partial charge in [0.1, 0.15) is 5.75 Å². The van der Waals surface area contributed by atoms with Crippen molar-refractivity contribution in [2.24, 2.45) is 0 Å². The molecule has 0 spiro atoms. The van der Waals surface area contributed by atoms with Gasteiger partial charge in [0.05, 0.1) is 12.3 Å². The van der Waals surface area contributed by atoms with Gasteiger partial charge in [-0.05, 0) is 38.0 Å². The van der Waals surface area contributed by atoms with Crippen molar-refractivity contribution in [1.29, 1.82) is 0 Å². The zero-order valence-electron chi connectivity index (χ0n) is 14.8. The van der Waals surface area contributed by atoms with Crippen LogP contribution in [0.2, 0.25) is 0 Å². The van der Waals surface area contributed by atoms with E-state index in [9.17, 15) is 9.59 Å². The van der Waals surface area contributed by atoms with Crippen molar-refractivity contribution in [3.63, 3.8) is 0 Å². The monoisotopic (exact) mass is 355 g/mol. The van der Waals surface area contributed by atoms with E-state index in [1.54, 1.807) is 12.1 Å². The maximum Gasteiger partial charge on any atom is 0.231 e. The van der Waals surface area contributed by atoms with E-state index in [1.807, 2.05) is 31.2 Å². The van der Waals surface area contributed by atoms with Gasteiger partial charge in [-0.2, -0.15) is 0 Å². The number of hydrogen-bond donors (Lipinski definition) is 1. The van der Waals surface area contributed by atoms with E-state index in [0.29, 0.717) is 35.8 Å². The molecule has 2 aromatic carbocycles. The predicted octanol–water partition coefficient (Wildman–Crippen LogP) is 3.72. The van der Waals surface area contributed by atoms with Crippen molar-refractivity contribution >= 4 is 17.4 Å². The van der Waals surface area contributed by atoms with Crippen LogP contribution in [-0.4, -0.2) is 25.1 Å². The van der Waals surface area contributed by atoms with Crippen LogP contribution in [0.15, 0.2) is 36.4 Å². The highest BCUT2D eigenvalue weighted by molar-refractivity contribution is 6.04. The molecule has 1 aliphatic heterocycles. The van der Waals surface area contributed by atoms with E-state index in [4.69, 9.17) is 14.2 Å². The van der Waals surface area contributed by atoms with Crippen molar-refractivity contribution in [2.45, 2.75) is 26.7 Å². The Labute approximate surface area is 152 Å². The average molecular weight is 355 g/mol. The molecule has 0 saturated heterocycles. The summed E-state index contributed by atoms with van der Waals surface area (Å²) in [6.45, 7) is 3.98. The molecule has 1 aliphatic rings. The summed E-state index contributed by atoms with van der Waals surface area (Å²) in [5.41, 5.74) is 1.90. The van der Waals surface area contributed by atoms with E-state index in [0.717, 1.165) is 11.3 Å². The Kier molecular flexibility index (Phi) is 5.41. The molecule has 6 nitrogen and oxygen atoms in total. The summed E-state index contributed by atoms with van der Waals surface area (Å²) in [6.07, 6.45) is 0.859. The van der Waals surface area contributed by atoms with Gasteiger partial charge in [-0.1, -0.05) is 18.2 Å². The van der Waals surface area contributed by atoms with Crippen LogP contribution >= 0.6 is 0 Å². The number of carbonyl (C=O) groups is 2. The van der Waals surface area contributed by atoms with Crippen LogP contribution in [0.25, 0.3) is 0 Å². The van der Waals surface area contributed by atoms with Crippen LogP contribution in [0.1, 0.15) is 35.7 Å². The van der Waals surface area contributed by atoms with Crippen LogP contribution in [0.4, 0.5) is 5.69 Å². The maximum absolute atomic E-state index is 12.2. The Morgan fingerprint density at radius 2 is 1.88 bits per heavy atom. The molecule has 136 valence electrons. The number of Topliss-reactive ketones (excluding diaryl/α,β-unsaturated/α-hetero) is 1. The molecule has 6 heteroatoms. The van der Waals surface area contributed by atoms with E-state index in [2.05, 4.69) is 5.32 Å². The van der Waals surface area contributed by atoms with E-state index in [1.165, 1.54) is 6.92 Å². The molecule has 0 radical (unpaired) electrons. The fourth-order valence-electron chi connectivity index (χ4n) is 2.68. The highest BCUT2D eigenvalue weighted by Crippen LogP contribution is 2.37. The first-order valence-electron chi connectivity index (χ1n) is 8.47. The summed E-state index contributed by atoms with van der Waals surface area (Å²) in [5.74, 6) is 1.52. The summed E-state index contributed by atoms with van der Waals surface area (Å²) in [7, 11) is 0. The molecule has 0 bridgehead atoms. The van der Waals surface area contributed by atoms with Crippen LogP contribution in [0.5, 0.6) is 17.2 Å². The first-order valence-corrected chi connectivity index (χ1v) is 8.47. The van der Waals surface area contributed by atoms with E-state index in [-0.39, 0.29) is 24.9 Å². The Morgan fingerprint density at radius 1 is 1.15 bits per heavy atom. The fourth-order valence-corrected chi connectivity index (χ4v) is 2.68. The lowest BCUT2D eigenvalue weighted by molar-refractivity contribution is -0.116. The summed E-state index contributed by atoms with van der Waals surface area (Å²) in [5, 5.41) is 2.78. The largest absolute Gasteiger partial charge is 0.493 e. The SMILES string of the molecule is CC(=O)c1cc2c(cc1NC(=O)CCCOc1ccccc1C)OCO2. The van der Waals surface area contributed by atoms with Gasteiger partial charge in [-0.25, -0.2) is 0 Å². The molecule has 26 heavy (non-hydrogen) atoms. The molecule has 0 unspecified atom stereocenters. The number of ketones is 1. The highest BCUT2D eigenvalue weighted by atomic mass is 16.7. The van der Waals surface area contributed by atoms with E-state index >= 15 is 0 Å². The van der Waals surface area contributed by atoms with E-state index < -0.39 is 0 Å². The number of amides is 1. The third-order valence-corrected chi connectivity index (χ3v) is 4.07. The molecule has 1 N–H and O–H groups in total. The van der Waals surface area contributed by atoms with Gasteiger partial charge in [0.2, 0.25) is 12.7 Å². The van der Waals surface area contributed by atoms with Crippen LogP contribution < -0.4 is 19.5 Å². The number of nitrogens with one attached hydrogen (secondary N) is 1. The Balaban J connectivity index is 1.55. The molecule has 0 saturated carbocycles. The van der Waals surface area contributed by atoms with Gasteiger partial charge in [-0.15, -0.1) is 0 Å². The van der Waals surface area contributed by atoms with Crippen molar-refractivity contribution in [1.82, 2.24) is 0 Å². The van der Waals surface area contributed by atoms with Crippen molar-refractivity contribution in [3.8, 4) is 17.2 Å². The van der Waals surface area contributed by atoms with Gasteiger partial charge in [0.15, 0.2) is 17.3 Å². The van der Waals surface area contributed by atoms with Crippen LogP contribution in [0.3, 0.4) is 0 Å². The standard InChI is InChI=1S/C20H21NO5/c1-13-6-3-4-7-17(13)24-9-5-8-20(23)21-16-11-19-18(25-12-26-19)10-15(16)14(2)22/h3-4,6-7,10-11H,5,8-9,12H2,1-2H3,(H,21,23). The summed E-state index contributed by atoms with van der Waals surface area (Å²) >= 11 is 0. The van der Waals surface area contributed by atoms with Crippen molar-refractivity contribution < 1.29 is 23.8 Å². The molecule has 1 heterocycles. The second-order valence-electron chi connectivity index (χ2n) is 6.07. The topological polar surface area (TPSA) is 73.9 Å². The third-order valence-electron chi connectivity index (χ3n) is 4.07. The zero-order chi connectivity index (χ0) is 18.5. The molecule has 1 amide bonds. The molecular weight excluding hydrogens is 334 g/mol. The normalized spacial score (nSPS) is 11.9. The third kappa shape index (κ3) is 4.14. The van der Waals surface area contributed by atoms with Gasteiger partial charge >= 0.3 is 0 Å². The Morgan fingerprint density at radius 3 is 2.62 bits per heavy atom. The molecular formula is C20H21NO5. The average Bonchev–Trinajstić information content (AvgIpc) is 3.06. The smallest absolute Gasteiger partial charge is 0.231 e. The minimum absolute atomic E-state index is 0.111. The maximum atomic E-state index is 12.2. The highest BCUT2D eigenvalue weighted by Gasteiger charge is 2.20. The molecule has 0 aliphatic carbocycles. The number of carbonyl (C=O) groups excluding carboxylic acids is 2. The second kappa shape index (κ2) is 7.91. The van der Waals surface area contributed by atoms with Gasteiger partial charge in [0.25, 0.3) is 0 Å². The molecule has 2 aromatic rings. The Hall–Kier alpha value is -3.02. The number of rotatable bonds is 7. The molecule has 0 atom stereocenters. The minimum atomic E-state index is -0.181. The minimum Gasteiger partial charge on any atom is -0.493 e. The summed E-state index contributed by atoms with van der Waals surface area (Å²) < 4.78 is 16.3. The number of benzene rings is 2. The lowest BCUT2D eigenvalue weighted by Crippen LogP contribution is -2.15. The quantitative estimate of drug-likeness (QED) is 0.605. The summed E-state index contributed by atoms with van der Waals surface area (Å²) in [6, 6.07) is 11.0. The van der Waals surface area contributed by atoms with Crippen LogP contribution in [-0.2, 0) is 4.79 Å². The number of anilines is 1. The van der Waals surface area contributed by atoms with Crippen molar-refractivity contribution in [2.75, 3.05) is 18.7 Å². The molecule has 0 fully saturated rings. The lowest BCUT2D eigenvalue weighted by Gasteiger charge is -2.11. The fraction of sp³-hybridized carbons (Fsp3) is 0.300. The first kappa shape index (κ1) is 17.8. The van der Waals surface area contributed by atoms with Gasteiger partial charge < -0.3 is 19.5 Å². The first-order chi connectivity index (χ1) is 12.5. The second-order valence-corrected chi connectivity index (χ2v) is 6.07. The number of para-hydroxylation sites is 1. The van der Waals surface area contributed by atoms with Crippen LogP contribution in [0, 0.1) is 6.92 Å². The number of ether oxygens (including phenoxy) is 3. The molecule has 3 rings (SSSR count). The number of hydrogen-bond acceptors (Lipinski definition) is 5. The zero-order valence-corrected chi connectivity index (χ0v) is 14.8. The lowest BCUT2D eigenvalue weighted by atomic mass is 10.1. The molecule has 0 aromatic heterocycles. The predicted molar refractivity (Wildman–Crippen MR) is 97.1 cm³/mol. The number of fused-ring (bicyclic) bond motifs is 1. The van der Waals surface area contributed by atoms with Gasteiger partial charge in [-0.3, -0.25) is 9.59 Å². The Bertz CT molecular complexity index is 831. The number of aryl methyl sites for hydroxylation is 1. The van der Waals surface area contributed by atoms with Gasteiger partial charge in [0, 0.05) is 18.1 Å². The summed E-state index contributed by atoms with van der Waals surface area (Å²) in [4.78, 5) is 24.0.